The fourth-order valence-electron chi connectivity index (χ4n) is 2.48. The highest BCUT2D eigenvalue weighted by Gasteiger charge is 2.21. The zero-order valence-electron chi connectivity index (χ0n) is 10.0. The lowest BCUT2D eigenvalue weighted by Crippen LogP contribution is -2.16. The molecule has 0 bridgehead atoms. The van der Waals surface area contributed by atoms with Crippen LogP contribution in [0.2, 0.25) is 5.02 Å². The van der Waals surface area contributed by atoms with Crippen molar-refractivity contribution in [1.29, 1.82) is 0 Å². The number of hydrogen-bond donors (Lipinski definition) is 1. The zero-order chi connectivity index (χ0) is 11.7. The van der Waals surface area contributed by atoms with E-state index in [-0.39, 0.29) is 0 Å². The minimum atomic E-state index is 0.749. The molecule has 0 amide bonds. The van der Waals surface area contributed by atoms with Crippen molar-refractivity contribution in [1.82, 2.24) is 5.32 Å². The molecule has 1 saturated carbocycles. The lowest BCUT2D eigenvalue weighted by atomic mass is 9.99. The Bertz CT molecular complexity index is 446. The Morgan fingerprint density at radius 1 is 1.29 bits per heavy atom. The lowest BCUT2D eigenvalue weighted by molar-refractivity contribution is 0.686. The van der Waals surface area contributed by atoms with Crippen LogP contribution in [0.4, 0.5) is 0 Å². The first kappa shape index (κ1) is 11.3. The fourth-order valence-corrected chi connectivity index (χ4v) is 2.67. The van der Waals surface area contributed by atoms with E-state index in [1.807, 2.05) is 6.07 Å². The third-order valence-electron chi connectivity index (χ3n) is 3.61. The second kappa shape index (κ2) is 4.83. The summed E-state index contributed by atoms with van der Waals surface area (Å²) >= 11 is 6.11. The van der Waals surface area contributed by atoms with Crippen LogP contribution in [-0.4, -0.2) is 6.04 Å². The van der Waals surface area contributed by atoms with Crippen LogP contribution in [0.25, 0.3) is 5.57 Å². The van der Waals surface area contributed by atoms with E-state index in [1.54, 1.807) is 0 Å². The second-order valence-electron chi connectivity index (χ2n) is 5.08. The molecule has 2 heteroatoms. The highest BCUT2D eigenvalue weighted by molar-refractivity contribution is 6.30. The van der Waals surface area contributed by atoms with Crippen molar-refractivity contribution in [2.24, 2.45) is 0 Å². The summed E-state index contributed by atoms with van der Waals surface area (Å²) in [7, 11) is 0. The van der Waals surface area contributed by atoms with Crippen molar-refractivity contribution < 1.29 is 0 Å². The molecule has 1 aromatic carbocycles. The van der Waals surface area contributed by atoms with Gasteiger partial charge in [-0.05, 0) is 60.9 Å². The summed E-state index contributed by atoms with van der Waals surface area (Å²) in [5.74, 6) is 0. The predicted octanol–water partition coefficient (Wildman–Crippen LogP) is 4.16. The molecule has 0 spiro atoms. The smallest absolute Gasteiger partial charge is 0.0409 e. The fraction of sp³-hybridized carbons (Fsp3) is 0.467. The Balaban J connectivity index is 1.83. The topological polar surface area (TPSA) is 12.0 Å². The first-order chi connectivity index (χ1) is 8.33. The van der Waals surface area contributed by atoms with Crippen LogP contribution in [0.1, 0.15) is 43.2 Å². The molecule has 0 unspecified atom stereocenters. The molecular formula is C15H18ClN. The molecule has 1 fully saturated rings. The molecule has 0 aliphatic heterocycles. The van der Waals surface area contributed by atoms with Gasteiger partial charge < -0.3 is 5.32 Å². The van der Waals surface area contributed by atoms with Crippen LogP contribution in [0.5, 0.6) is 0 Å². The molecule has 1 aromatic rings. The maximum atomic E-state index is 6.11. The van der Waals surface area contributed by atoms with Gasteiger partial charge in [0.2, 0.25) is 0 Å². The summed E-state index contributed by atoms with van der Waals surface area (Å²) in [5, 5.41) is 4.43. The Kier molecular flexibility index (Phi) is 3.21. The Morgan fingerprint density at radius 2 is 2.18 bits per heavy atom. The van der Waals surface area contributed by atoms with E-state index < -0.39 is 0 Å². The van der Waals surface area contributed by atoms with Gasteiger partial charge in [-0.2, -0.15) is 0 Å². The molecule has 0 heterocycles. The number of allylic oxidation sites excluding steroid dienone is 2. The molecule has 0 radical (unpaired) electrons. The van der Waals surface area contributed by atoms with Gasteiger partial charge in [-0.25, -0.2) is 0 Å². The van der Waals surface area contributed by atoms with Crippen LogP contribution in [0.15, 0.2) is 24.3 Å². The molecule has 1 N–H and O–H groups in total. The molecular weight excluding hydrogens is 230 g/mol. The van der Waals surface area contributed by atoms with Gasteiger partial charge in [0.15, 0.2) is 0 Å². The van der Waals surface area contributed by atoms with Gasteiger partial charge in [-0.15, -0.1) is 0 Å². The minimum Gasteiger partial charge on any atom is -0.310 e. The third kappa shape index (κ3) is 2.72. The molecule has 0 saturated heterocycles. The summed E-state index contributed by atoms with van der Waals surface area (Å²) in [4.78, 5) is 0. The van der Waals surface area contributed by atoms with Gasteiger partial charge in [0, 0.05) is 17.6 Å². The van der Waals surface area contributed by atoms with Gasteiger partial charge in [-0.3, -0.25) is 0 Å². The molecule has 2 aliphatic carbocycles. The highest BCUT2D eigenvalue weighted by atomic mass is 35.5. The van der Waals surface area contributed by atoms with Crippen LogP contribution >= 0.6 is 11.6 Å². The average molecular weight is 248 g/mol. The third-order valence-corrected chi connectivity index (χ3v) is 3.85. The van der Waals surface area contributed by atoms with Crippen molar-refractivity contribution in [2.45, 2.75) is 44.7 Å². The summed E-state index contributed by atoms with van der Waals surface area (Å²) in [6, 6.07) is 7.06. The SMILES string of the molecule is Clc1ccc(C2=CCCC2)c(CNC2CC2)c1. The predicted molar refractivity (Wildman–Crippen MR) is 73.1 cm³/mol. The van der Waals surface area contributed by atoms with E-state index in [0.29, 0.717) is 0 Å². The van der Waals surface area contributed by atoms with Crippen LogP contribution in [0.3, 0.4) is 0 Å². The van der Waals surface area contributed by atoms with Crippen molar-refractivity contribution in [3.8, 4) is 0 Å². The number of rotatable bonds is 4. The Morgan fingerprint density at radius 3 is 2.88 bits per heavy atom. The molecule has 0 aromatic heterocycles. The van der Waals surface area contributed by atoms with Crippen molar-refractivity contribution in [3.63, 3.8) is 0 Å². The van der Waals surface area contributed by atoms with Gasteiger partial charge in [0.25, 0.3) is 0 Å². The molecule has 3 rings (SSSR count). The van der Waals surface area contributed by atoms with E-state index in [0.717, 1.165) is 17.6 Å². The summed E-state index contributed by atoms with van der Waals surface area (Å²) in [6.45, 7) is 0.956. The van der Waals surface area contributed by atoms with Crippen molar-refractivity contribution in [3.05, 3.63) is 40.4 Å². The van der Waals surface area contributed by atoms with E-state index >= 15 is 0 Å². The van der Waals surface area contributed by atoms with E-state index in [1.165, 1.54) is 48.8 Å². The molecule has 17 heavy (non-hydrogen) atoms. The first-order valence-electron chi connectivity index (χ1n) is 6.54. The van der Waals surface area contributed by atoms with Gasteiger partial charge in [0.1, 0.15) is 0 Å². The largest absolute Gasteiger partial charge is 0.310 e. The monoisotopic (exact) mass is 247 g/mol. The molecule has 90 valence electrons. The summed E-state index contributed by atoms with van der Waals surface area (Å²) in [6.07, 6.45) is 8.79. The van der Waals surface area contributed by atoms with E-state index in [4.69, 9.17) is 11.6 Å². The van der Waals surface area contributed by atoms with Gasteiger partial charge in [-0.1, -0.05) is 23.7 Å². The van der Waals surface area contributed by atoms with E-state index in [9.17, 15) is 0 Å². The summed E-state index contributed by atoms with van der Waals surface area (Å²) < 4.78 is 0. The zero-order valence-corrected chi connectivity index (χ0v) is 10.8. The lowest BCUT2D eigenvalue weighted by Gasteiger charge is -2.12. The van der Waals surface area contributed by atoms with Crippen molar-refractivity contribution in [2.75, 3.05) is 0 Å². The number of hydrogen-bond acceptors (Lipinski definition) is 1. The first-order valence-corrected chi connectivity index (χ1v) is 6.92. The van der Waals surface area contributed by atoms with Crippen molar-refractivity contribution >= 4 is 17.2 Å². The quantitative estimate of drug-likeness (QED) is 0.843. The second-order valence-corrected chi connectivity index (χ2v) is 5.51. The maximum Gasteiger partial charge on any atom is 0.0409 e. The molecule has 2 aliphatic rings. The normalized spacial score (nSPS) is 19.5. The van der Waals surface area contributed by atoms with Gasteiger partial charge in [0.05, 0.1) is 0 Å². The Labute approximate surface area is 108 Å². The molecule has 0 atom stereocenters. The molecule has 1 nitrogen and oxygen atoms in total. The number of benzene rings is 1. The average Bonchev–Trinajstić information content (AvgIpc) is 3.00. The van der Waals surface area contributed by atoms with Gasteiger partial charge >= 0.3 is 0 Å². The standard InChI is InChI=1S/C15H18ClN/c16-13-5-8-15(11-3-1-2-4-11)12(9-13)10-17-14-6-7-14/h3,5,8-9,14,17H,1-2,4,6-7,10H2. The van der Waals surface area contributed by atoms with Crippen LogP contribution in [-0.2, 0) is 6.54 Å². The number of nitrogens with one attached hydrogen (secondary N) is 1. The summed E-state index contributed by atoms with van der Waals surface area (Å²) in [5.41, 5.74) is 4.27. The minimum absolute atomic E-state index is 0.749. The Hall–Kier alpha value is -0.790. The van der Waals surface area contributed by atoms with Crippen LogP contribution < -0.4 is 5.32 Å². The number of halogens is 1. The maximum absolute atomic E-state index is 6.11. The van der Waals surface area contributed by atoms with Crippen LogP contribution in [0, 0.1) is 0 Å². The highest BCUT2D eigenvalue weighted by Crippen LogP contribution is 2.31. The van der Waals surface area contributed by atoms with E-state index in [2.05, 4.69) is 23.5 Å².